The second kappa shape index (κ2) is 4.11. The van der Waals surface area contributed by atoms with E-state index in [1.807, 2.05) is 0 Å². The van der Waals surface area contributed by atoms with Gasteiger partial charge in [-0.05, 0) is 12.1 Å². The zero-order chi connectivity index (χ0) is 10.6. The van der Waals surface area contributed by atoms with Gasteiger partial charge in [0, 0.05) is 0 Å². The summed E-state index contributed by atoms with van der Waals surface area (Å²) in [5.41, 5.74) is 0. The van der Waals surface area contributed by atoms with Gasteiger partial charge in [0.1, 0.15) is 0 Å². The average Bonchev–Trinajstić information content (AvgIpc) is 2.06. The fourth-order valence-electron chi connectivity index (χ4n) is 0.787. The molecule has 2 N–H and O–H groups in total. The van der Waals surface area contributed by atoms with E-state index >= 15 is 0 Å². The Bertz CT molecular complexity index is 407. The van der Waals surface area contributed by atoms with Crippen molar-refractivity contribution in [3.63, 3.8) is 0 Å². The molecule has 6 nitrogen and oxygen atoms in total. The Morgan fingerprint density at radius 3 is 2.36 bits per heavy atom. The van der Waals surface area contributed by atoms with Crippen molar-refractivity contribution in [1.82, 2.24) is 0 Å². The highest BCUT2D eigenvalue weighted by Crippen LogP contribution is 2.41. The minimum absolute atomic E-state index is 0.0432. The van der Waals surface area contributed by atoms with E-state index in [9.17, 15) is 4.57 Å². The molecule has 0 amide bonds. The average molecular weight is 215 g/mol. The van der Waals surface area contributed by atoms with Crippen LogP contribution in [-0.2, 0) is 4.57 Å². The molecule has 0 aliphatic heterocycles. The lowest BCUT2D eigenvalue weighted by Crippen LogP contribution is -1.93. The number of nitriles is 1. The number of hydrogen-bond acceptors (Lipinski definition) is 4. The van der Waals surface area contributed by atoms with Crippen LogP contribution in [-0.4, -0.2) is 9.79 Å². The Hall–Kier alpha value is -1.54. The van der Waals surface area contributed by atoms with Gasteiger partial charge in [-0.2, -0.15) is 0 Å². The molecule has 0 aliphatic carbocycles. The zero-order valence-electron chi connectivity index (χ0n) is 6.82. The molecule has 0 spiro atoms. The molecule has 0 saturated carbocycles. The standard InChI is InChI=1S/C7H6NO5P/c8-5-12-6-3-1-2-4-7(6)13-14(9,10)11/h1-4H,(H2,9,10,11). The Balaban J connectivity index is 2.97. The summed E-state index contributed by atoms with van der Waals surface area (Å²) in [5, 5.41) is 8.22. The van der Waals surface area contributed by atoms with Crippen molar-refractivity contribution in [3.8, 4) is 17.8 Å². The summed E-state index contributed by atoms with van der Waals surface area (Å²) in [6.07, 6.45) is 1.38. The van der Waals surface area contributed by atoms with Crippen LogP contribution in [0.2, 0.25) is 0 Å². The number of phosphoric acid groups is 1. The first-order chi connectivity index (χ1) is 6.53. The van der Waals surface area contributed by atoms with Crippen molar-refractivity contribution in [3.05, 3.63) is 24.3 Å². The molecule has 74 valence electrons. The van der Waals surface area contributed by atoms with Gasteiger partial charge < -0.3 is 9.26 Å². The number of rotatable bonds is 3. The highest BCUT2D eigenvalue weighted by atomic mass is 31.2. The fourth-order valence-corrected chi connectivity index (χ4v) is 1.19. The molecule has 0 aromatic heterocycles. The Kier molecular flexibility index (Phi) is 3.10. The molecule has 1 aromatic carbocycles. The summed E-state index contributed by atoms with van der Waals surface area (Å²) in [5.74, 6) is -0.222. The van der Waals surface area contributed by atoms with Gasteiger partial charge in [0.15, 0.2) is 11.5 Å². The van der Waals surface area contributed by atoms with E-state index in [2.05, 4.69) is 9.26 Å². The molecule has 0 radical (unpaired) electrons. The van der Waals surface area contributed by atoms with Crippen molar-refractivity contribution in [1.29, 1.82) is 5.26 Å². The van der Waals surface area contributed by atoms with Crippen molar-refractivity contribution in [2.45, 2.75) is 0 Å². The Morgan fingerprint density at radius 1 is 1.29 bits per heavy atom. The van der Waals surface area contributed by atoms with Crippen LogP contribution >= 0.6 is 7.82 Å². The monoisotopic (exact) mass is 215 g/mol. The van der Waals surface area contributed by atoms with Crippen LogP contribution in [0, 0.1) is 11.5 Å². The van der Waals surface area contributed by atoms with E-state index < -0.39 is 7.82 Å². The van der Waals surface area contributed by atoms with E-state index in [0.29, 0.717) is 0 Å². The summed E-state index contributed by atoms with van der Waals surface area (Å²) in [4.78, 5) is 17.0. The summed E-state index contributed by atoms with van der Waals surface area (Å²) in [6.45, 7) is 0. The zero-order valence-corrected chi connectivity index (χ0v) is 7.72. The molecule has 0 unspecified atom stereocenters. The minimum atomic E-state index is -4.63. The molecule has 1 rings (SSSR count). The Labute approximate surface area is 79.6 Å². The third-order valence-corrected chi connectivity index (χ3v) is 1.66. The predicted molar refractivity (Wildman–Crippen MR) is 45.4 cm³/mol. The van der Waals surface area contributed by atoms with Crippen LogP contribution in [0.4, 0.5) is 0 Å². The summed E-state index contributed by atoms with van der Waals surface area (Å²) < 4.78 is 19.2. The SMILES string of the molecule is N#COc1ccccc1OP(=O)(O)O. The van der Waals surface area contributed by atoms with Gasteiger partial charge >= 0.3 is 7.82 Å². The van der Waals surface area contributed by atoms with Crippen molar-refractivity contribution >= 4 is 7.82 Å². The molecule has 0 bridgehead atoms. The maximum atomic E-state index is 10.5. The lowest BCUT2D eigenvalue weighted by molar-refractivity contribution is 0.279. The van der Waals surface area contributed by atoms with Crippen LogP contribution in [0.3, 0.4) is 0 Å². The predicted octanol–water partition coefficient (Wildman–Crippen LogP) is 1.02. The van der Waals surface area contributed by atoms with E-state index in [1.165, 1.54) is 24.5 Å². The van der Waals surface area contributed by atoms with E-state index in [-0.39, 0.29) is 11.5 Å². The lowest BCUT2D eigenvalue weighted by atomic mass is 10.3. The molecule has 0 atom stereocenters. The van der Waals surface area contributed by atoms with Gasteiger partial charge in [0.05, 0.1) is 0 Å². The topological polar surface area (TPSA) is 99.8 Å². The van der Waals surface area contributed by atoms with Crippen LogP contribution in [0.25, 0.3) is 0 Å². The molecule has 0 fully saturated rings. The highest BCUT2D eigenvalue weighted by Gasteiger charge is 2.18. The van der Waals surface area contributed by atoms with Crippen molar-refractivity contribution in [2.24, 2.45) is 0 Å². The first-order valence-corrected chi connectivity index (χ1v) is 4.96. The van der Waals surface area contributed by atoms with Gasteiger partial charge in [-0.25, -0.2) is 4.57 Å². The number of ether oxygens (including phenoxy) is 1. The highest BCUT2D eigenvalue weighted by molar-refractivity contribution is 7.46. The molecule has 0 heterocycles. The molecule has 1 aromatic rings. The largest absolute Gasteiger partial charge is 0.524 e. The minimum Gasteiger partial charge on any atom is -0.400 e. The molecule has 0 aliphatic rings. The van der Waals surface area contributed by atoms with Crippen LogP contribution < -0.4 is 9.26 Å². The third-order valence-electron chi connectivity index (χ3n) is 1.22. The quantitative estimate of drug-likeness (QED) is 0.576. The molecule has 0 saturated heterocycles. The molecular weight excluding hydrogens is 209 g/mol. The van der Waals surface area contributed by atoms with Gasteiger partial charge in [-0.3, -0.25) is 9.79 Å². The molecular formula is C7H6NO5P. The normalized spacial score (nSPS) is 10.4. The maximum absolute atomic E-state index is 10.5. The van der Waals surface area contributed by atoms with Crippen LogP contribution in [0.5, 0.6) is 11.5 Å². The van der Waals surface area contributed by atoms with E-state index in [4.69, 9.17) is 15.0 Å². The summed E-state index contributed by atoms with van der Waals surface area (Å²) in [6, 6.07) is 5.68. The number of para-hydroxylation sites is 2. The van der Waals surface area contributed by atoms with E-state index in [1.54, 1.807) is 6.07 Å². The van der Waals surface area contributed by atoms with Crippen molar-refractivity contribution in [2.75, 3.05) is 0 Å². The molecule has 14 heavy (non-hydrogen) atoms. The number of nitrogens with zero attached hydrogens (tertiary/aromatic N) is 1. The summed E-state index contributed by atoms with van der Waals surface area (Å²) >= 11 is 0. The Morgan fingerprint density at radius 2 is 1.86 bits per heavy atom. The van der Waals surface area contributed by atoms with E-state index in [0.717, 1.165) is 0 Å². The molecule has 7 heteroatoms. The lowest BCUT2D eigenvalue weighted by Gasteiger charge is -2.08. The smallest absolute Gasteiger partial charge is 0.400 e. The maximum Gasteiger partial charge on any atom is 0.524 e. The van der Waals surface area contributed by atoms with Gasteiger partial charge in [0.2, 0.25) is 0 Å². The first-order valence-electron chi connectivity index (χ1n) is 3.43. The fraction of sp³-hybridized carbons (Fsp3) is 0. The second-order valence-corrected chi connectivity index (χ2v) is 3.39. The van der Waals surface area contributed by atoms with Crippen LogP contribution in [0.1, 0.15) is 0 Å². The summed E-state index contributed by atoms with van der Waals surface area (Å²) in [7, 11) is -4.63. The van der Waals surface area contributed by atoms with Gasteiger partial charge in [0.25, 0.3) is 6.26 Å². The van der Waals surface area contributed by atoms with Gasteiger partial charge in [-0.1, -0.05) is 12.1 Å². The number of phosphoric ester groups is 1. The third kappa shape index (κ3) is 3.07. The van der Waals surface area contributed by atoms with Crippen LogP contribution in [0.15, 0.2) is 24.3 Å². The second-order valence-electron chi connectivity index (χ2n) is 2.22. The number of benzene rings is 1. The number of hydrogen-bond donors (Lipinski definition) is 2. The van der Waals surface area contributed by atoms with Gasteiger partial charge in [-0.15, -0.1) is 5.26 Å². The first kappa shape index (κ1) is 10.5. The van der Waals surface area contributed by atoms with Crippen molar-refractivity contribution < 1.29 is 23.6 Å².